The van der Waals surface area contributed by atoms with E-state index in [4.69, 9.17) is 9.47 Å². The van der Waals surface area contributed by atoms with Crippen molar-refractivity contribution in [3.05, 3.63) is 0 Å². The first kappa shape index (κ1) is 24.0. The van der Waals surface area contributed by atoms with Crippen molar-refractivity contribution in [2.24, 2.45) is 46.3 Å². The molecule has 0 radical (unpaired) electrons. The van der Waals surface area contributed by atoms with Crippen LogP contribution in [0.1, 0.15) is 91.9 Å². The van der Waals surface area contributed by atoms with Crippen LogP contribution in [0.2, 0.25) is 0 Å². The minimum atomic E-state index is -0.274. The van der Waals surface area contributed by atoms with Crippen molar-refractivity contribution in [2.45, 2.75) is 104 Å². The number of methoxy groups -OCH3 is 1. The van der Waals surface area contributed by atoms with Gasteiger partial charge in [0, 0.05) is 13.3 Å². The first-order valence-corrected chi connectivity index (χ1v) is 13.0. The Bertz CT molecular complexity index is 721. The average Bonchev–Trinajstić information content (AvgIpc) is 3.11. The highest BCUT2D eigenvalue weighted by molar-refractivity contribution is 5.69. The Morgan fingerprint density at radius 2 is 1.81 bits per heavy atom. The number of carbonyl (C=O) groups is 2. The molecule has 1 N–H and O–H groups in total. The molecule has 0 unspecified atom stereocenters. The van der Waals surface area contributed by atoms with E-state index in [1.165, 1.54) is 39.7 Å². The van der Waals surface area contributed by atoms with E-state index >= 15 is 0 Å². The van der Waals surface area contributed by atoms with Crippen molar-refractivity contribution in [3.63, 3.8) is 0 Å². The highest BCUT2D eigenvalue weighted by atomic mass is 16.5. The molecule has 182 valence electrons. The molecule has 0 bridgehead atoms. The molecule has 4 aliphatic carbocycles. The minimum absolute atomic E-state index is 0.0468. The summed E-state index contributed by atoms with van der Waals surface area (Å²) in [6.45, 7) is 8.62. The largest absolute Gasteiger partial charge is 0.469 e. The van der Waals surface area contributed by atoms with Gasteiger partial charge in [0.15, 0.2) is 0 Å². The summed E-state index contributed by atoms with van der Waals surface area (Å²) in [5, 5.41) is 11.6. The van der Waals surface area contributed by atoms with E-state index in [2.05, 4.69) is 20.8 Å². The maximum atomic E-state index is 11.7. The normalized spacial score (nSPS) is 46.4. The standard InChI is InChI=1S/C27H44O5/c1-16(6-11-25(30)31-5)21-9-10-22-20-8-7-18-14-19(32-17(2)28)12-13-26(18,3)23(20)15-24(29)27(21,22)4/h16,18-24,29H,6-15H2,1-5H3/t16-,18-,19-,20+,21+,22-,23-,24+,26+,27+/m1/s1. The van der Waals surface area contributed by atoms with Gasteiger partial charge in [0.1, 0.15) is 6.10 Å². The van der Waals surface area contributed by atoms with Crippen LogP contribution in [-0.4, -0.2) is 36.4 Å². The Labute approximate surface area is 194 Å². The van der Waals surface area contributed by atoms with Crippen LogP contribution in [0, 0.1) is 46.3 Å². The Hall–Kier alpha value is -1.10. The lowest BCUT2D eigenvalue weighted by molar-refractivity contribution is -0.181. The van der Waals surface area contributed by atoms with Crippen LogP contribution < -0.4 is 0 Å². The molecule has 4 saturated carbocycles. The molecule has 5 nitrogen and oxygen atoms in total. The number of fused-ring (bicyclic) bond motifs is 5. The van der Waals surface area contributed by atoms with Gasteiger partial charge in [0.25, 0.3) is 0 Å². The molecule has 0 saturated heterocycles. The van der Waals surface area contributed by atoms with Gasteiger partial charge in [-0.15, -0.1) is 0 Å². The highest BCUT2D eigenvalue weighted by Crippen LogP contribution is 2.68. The zero-order valence-corrected chi connectivity index (χ0v) is 20.8. The van der Waals surface area contributed by atoms with Gasteiger partial charge in [-0.1, -0.05) is 20.8 Å². The lowest BCUT2D eigenvalue weighted by Crippen LogP contribution is -2.59. The van der Waals surface area contributed by atoms with E-state index in [9.17, 15) is 14.7 Å². The van der Waals surface area contributed by atoms with Crippen molar-refractivity contribution in [1.29, 1.82) is 0 Å². The fraction of sp³-hybridized carbons (Fsp3) is 0.926. The molecular weight excluding hydrogens is 404 g/mol. The topological polar surface area (TPSA) is 72.8 Å². The molecule has 10 atom stereocenters. The van der Waals surface area contributed by atoms with Crippen molar-refractivity contribution in [2.75, 3.05) is 7.11 Å². The molecule has 0 amide bonds. The predicted octanol–water partition coefficient (Wildman–Crippen LogP) is 5.14. The molecule has 4 rings (SSSR count). The number of esters is 2. The third-order valence-corrected chi connectivity index (χ3v) is 10.8. The molecule has 0 aromatic rings. The van der Waals surface area contributed by atoms with Crippen molar-refractivity contribution >= 4 is 11.9 Å². The van der Waals surface area contributed by atoms with Crippen LogP contribution in [0.25, 0.3) is 0 Å². The van der Waals surface area contributed by atoms with Gasteiger partial charge in [0.2, 0.25) is 0 Å². The SMILES string of the molecule is COC(=O)CC[C@@H](C)[C@@H]1CC[C@@H]2[C@@H]3CC[C@@H]4C[C@H](OC(C)=O)CC[C@]4(C)[C@@H]3C[C@H](O)[C@]21C. The molecule has 0 heterocycles. The van der Waals surface area contributed by atoms with Crippen LogP contribution in [-0.2, 0) is 19.1 Å². The second kappa shape index (κ2) is 8.92. The van der Waals surface area contributed by atoms with E-state index in [1.807, 2.05) is 0 Å². The van der Waals surface area contributed by atoms with Crippen LogP contribution in [0.3, 0.4) is 0 Å². The first-order chi connectivity index (χ1) is 15.1. The summed E-state index contributed by atoms with van der Waals surface area (Å²) in [6, 6.07) is 0. The number of aliphatic hydroxyl groups excluding tert-OH is 1. The van der Waals surface area contributed by atoms with Crippen molar-refractivity contribution in [3.8, 4) is 0 Å². The summed E-state index contributed by atoms with van der Waals surface area (Å²) in [6.07, 6.45) is 9.92. The van der Waals surface area contributed by atoms with Gasteiger partial charge in [0.05, 0.1) is 13.2 Å². The molecule has 4 fully saturated rings. The van der Waals surface area contributed by atoms with Crippen LogP contribution >= 0.6 is 0 Å². The summed E-state index contributed by atoms with van der Waals surface area (Å²) in [7, 11) is 1.46. The number of hydrogen-bond acceptors (Lipinski definition) is 5. The van der Waals surface area contributed by atoms with E-state index < -0.39 is 0 Å². The number of ether oxygens (including phenoxy) is 2. The van der Waals surface area contributed by atoms with Gasteiger partial charge >= 0.3 is 11.9 Å². The minimum Gasteiger partial charge on any atom is -0.469 e. The quantitative estimate of drug-likeness (QED) is 0.590. The Kier molecular flexibility index (Phi) is 6.70. The number of carbonyl (C=O) groups excluding carboxylic acids is 2. The fourth-order valence-electron chi connectivity index (χ4n) is 9.13. The summed E-state index contributed by atoms with van der Waals surface area (Å²) in [4.78, 5) is 23.2. The molecule has 4 aliphatic rings. The van der Waals surface area contributed by atoms with E-state index in [-0.39, 0.29) is 35.0 Å². The Morgan fingerprint density at radius 3 is 2.50 bits per heavy atom. The summed E-state index contributed by atoms with van der Waals surface area (Å²) in [5.41, 5.74) is 0.200. The lowest BCUT2D eigenvalue weighted by Gasteiger charge is -2.62. The monoisotopic (exact) mass is 448 g/mol. The Balaban J connectivity index is 1.50. The van der Waals surface area contributed by atoms with Crippen molar-refractivity contribution in [1.82, 2.24) is 0 Å². The molecular formula is C27H44O5. The zero-order chi connectivity index (χ0) is 23.3. The van der Waals surface area contributed by atoms with E-state index in [1.54, 1.807) is 0 Å². The third-order valence-electron chi connectivity index (χ3n) is 10.8. The fourth-order valence-corrected chi connectivity index (χ4v) is 9.13. The van der Waals surface area contributed by atoms with Gasteiger partial charge in [-0.3, -0.25) is 9.59 Å². The molecule has 0 aliphatic heterocycles. The summed E-state index contributed by atoms with van der Waals surface area (Å²) < 4.78 is 10.5. The molecule has 0 spiro atoms. The second-order valence-corrected chi connectivity index (χ2v) is 12.1. The maximum absolute atomic E-state index is 11.7. The third kappa shape index (κ3) is 3.91. The van der Waals surface area contributed by atoms with Gasteiger partial charge in [-0.05, 0) is 104 Å². The highest BCUT2D eigenvalue weighted by Gasteiger charge is 2.63. The van der Waals surface area contributed by atoms with Crippen LogP contribution in [0.15, 0.2) is 0 Å². The average molecular weight is 449 g/mol. The first-order valence-electron chi connectivity index (χ1n) is 13.0. The molecule has 5 heteroatoms. The number of rotatable bonds is 5. The van der Waals surface area contributed by atoms with Crippen LogP contribution in [0.4, 0.5) is 0 Å². The van der Waals surface area contributed by atoms with Gasteiger partial charge in [-0.2, -0.15) is 0 Å². The van der Waals surface area contributed by atoms with E-state index in [0.717, 1.165) is 32.1 Å². The molecule has 32 heavy (non-hydrogen) atoms. The summed E-state index contributed by atoms with van der Waals surface area (Å²) >= 11 is 0. The van der Waals surface area contributed by atoms with Gasteiger partial charge in [-0.25, -0.2) is 0 Å². The zero-order valence-electron chi connectivity index (χ0n) is 20.8. The number of hydrogen-bond donors (Lipinski definition) is 1. The van der Waals surface area contributed by atoms with Gasteiger partial charge < -0.3 is 14.6 Å². The van der Waals surface area contributed by atoms with Crippen LogP contribution in [0.5, 0.6) is 0 Å². The molecule has 0 aromatic carbocycles. The number of aliphatic hydroxyl groups is 1. The molecule has 0 aromatic heterocycles. The lowest BCUT2D eigenvalue weighted by atomic mass is 9.43. The predicted molar refractivity (Wildman–Crippen MR) is 123 cm³/mol. The Morgan fingerprint density at radius 1 is 1.06 bits per heavy atom. The van der Waals surface area contributed by atoms with Crippen molar-refractivity contribution < 1.29 is 24.2 Å². The smallest absolute Gasteiger partial charge is 0.305 e. The second-order valence-electron chi connectivity index (χ2n) is 12.1. The summed E-state index contributed by atoms with van der Waals surface area (Å²) in [5.74, 6) is 3.02. The maximum Gasteiger partial charge on any atom is 0.305 e. The van der Waals surface area contributed by atoms with E-state index in [0.29, 0.717) is 41.9 Å².